The van der Waals surface area contributed by atoms with Crippen molar-refractivity contribution in [3.8, 4) is 5.75 Å². The molecular weight excluding hydrogens is 260 g/mol. The highest BCUT2D eigenvalue weighted by Gasteiger charge is 2.18. The second-order valence-electron chi connectivity index (χ2n) is 4.08. The van der Waals surface area contributed by atoms with E-state index in [1.807, 2.05) is 36.4 Å². The monoisotopic (exact) mass is 274 g/mol. The Labute approximate surface area is 115 Å². The molecule has 2 rings (SSSR count). The highest BCUT2D eigenvalue weighted by Crippen LogP contribution is 2.41. The van der Waals surface area contributed by atoms with Crippen molar-refractivity contribution in [2.24, 2.45) is 0 Å². The van der Waals surface area contributed by atoms with Gasteiger partial charge in [0, 0.05) is 10.1 Å². The molecule has 0 fully saturated rings. The van der Waals surface area contributed by atoms with E-state index < -0.39 is 5.97 Å². The largest absolute Gasteiger partial charge is 0.507 e. The topological polar surface area (TPSA) is 57.5 Å². The third kappa shape index (κ3) is 3.76. The van der Waals surface area contributed by atoms with E-state index in [0.29, 0.717) is 4.90 Å². The third-order valence-electron chi connectivity index (χ3n) is 2.67. The lowest BCUT2D eigenvalue weighted by atomic mass is 10.1. The minimum atomic E-state index is -0.850. The van der Waals surface area contributed by atoms with Crippen molar-refractivity contribution >= 4 is 17.7 Å². The van der Waals surface area contributed by atoms with Gasteiger partial charge in [0.1, 0.15) is 5.75 Å². The Morgan fingerprint density at radius 3 is 2.32 bits per heavy atom. The zero-order valence-electron chi connectivity index (χ0n) is 10.2. The van der Waals surface area contributed by atoms with Crippen LogP contribution in [0.2, 0.25) is 0 Å². The van der Waals surface area contributed by atoms with Crippen LogP contribution < -0.4 is 0 Å². The van der Waals surface area contributed by atoms with E-state index in [-0.39, 0.29) is 17.4 Å². The zero-order chi connectivity index (χ0) is 13.7. The number of carbonyl (C=O) groups is 1. The van der Waals surface area contributed by atoms with Crippen LogP contribution in [0.15, 0.2) is 59.5 Å². The number of phenolic OH excluding ortho intramolecular Hbond substituents is 1. The molecule has 0 aliphatic carbocycles. The first-order chi connectivity index (χ1) is 9.16. The summed E-state index contributed by atoms with van der Waals surface area (Å²) in [5.41, 5.74) is 0.943. The first-order valence-electron chi connectivity index (χ1n) is 5.88. The van der Waals surface area contributed by atoms with E-state index in [9.17, 15) is 9.90 Å². The van der Waals surface area contributed by atoms with Crippen LogP contribution >= 0.6 is 11.8 Å². The molecule has 0 radical (unpaired) electrons. The number of aromatic hydroxyl groups is 1. The second-order valence-corrected chi connectivity index (χ2v) is 5.33. The van der Waals surface area contributed by atoms with E-state index in [0.717, 1.165) is 5.56 Å². The summed E-state index contributed by atoms with van der Waals surface area (Å²) >= 11 is 1.37. The lowest BCUT2D eigenvalue weighted by Crippen LogP contribution is -2.03. The molecule has 0 bridgehead atoms. The Balaban J connectivity index is 2.24. The maximum atomic E-state index is 11.0. The summed E-state index contributed by atoms with van der Waals surface area (Å²) in [7, 11) is 0. The fourth-order valence-corrected chi connectivity index (χ4v) is 2.94. The molecule has 2 aromatic carbocycles. The molecule has 0 saturated carbocycles. The fraction of sp³-hybridized carbons (Fsp3) is 0.133. The molecule has 0 spiro atoms. The van der Waals surface area contributed by atoms with Crippen LogP contribution in [0, 0.1) is 0 Å². The molecule has 98 valence electrons. The van der Waals surface area contributed by atoms with Gasteiger partial charge >= 0.3 is 5.97 Å². The quantitative estimate of drug-likeness (QED) is 0.816. The number of para-hydroxylation sites is 1. The SMILES string of the molecule is O=C(O)CC(Sc1ccccc1O)c1ccccc1. The Kier molecular flexibility index (Phi) is 4.47. The van der Waals surface area contributed by atoms with Crippen LogP contribution in [0.25, 0.3) is 0 Å². The number of hydrogen-bond donors (Lipinski definition) is 2. The number of rotatable bonds is 5. The molecule has 1 unspecified atom stereocenters. The predicted octanol–water partition coefficient (Wildman–Crippen LogP) is 3.70. The van der Waals surface area contributed by atoms with Gasteiger partial charge in [-0.1, -0.05) is 42.5 Å². The van der Waals surface area contributed by atoms with Crippen molar-refractivity contribution < 1.29 is 15.0 Å². The molecule has 0 aliphatic heterocycles. The number of benzene rings is 2. The molecular formula is C15H14O3S. The minimum Gasteiger partial charge on any atom is -0.507 e. The van der Waals surface area contributed by atoms with E-state index >= 15 is 0 Å². The van der Waals surface area contributed by atoms with E-state index in [1.165, 1.54) is 11.8 Å². The molecule has 0 aromatic heterocycles. The van der Waals surface area contributed by atoms with Crippen LogP contribution in [0.1, 0.15) is 17.2 Å². The van der Waals surface area contributed by atoms with Gasteiger partial charge in [-0.15, -0.1) is 11.8 Å². The Morgan fingerprint density at radius 2 is 1.68 bits per heavy atom. The van der Waals surface area contributed by atoms with Gasteiger partial charge in [0.15, 0.2) is 0 Å². The van der Waals surface area contributed by atoms with Crippen molar-refractivity contribution in [3.63, 3.8) is 0 Å². The lowest BCUT2D eigenvalue weighted by Gasteiger charge is -2.15. The Hall–Kier alpha value is -1.94. The van der Waals surface area contributed by atoms with Gasteiger partial charge in [0.2, 0.25) is 0 Å². The van der Waals surface area contributed by atoms with Crippen molar-refractivity contribution in [2.75, 3.05) is 0 Å². The molecule has 0 amide bonds. The van der Waals surface area contributed by atoms with Gasteiger partial charge < -0.3 is 10.2 Å². The number of hydrogen-bond acceptors (Lipinski definition) is 3. The van der Waals surface area contributed by atoms with E-state index in [1.54, 1.807) is 18.2 Å². The Bertz CT molecular complexity index is 554. The molecule has 0 saturated heterocycles. The van der Waals surface area contributed by atoms with Crippen molar-refractivity contribution in [3.05, 3.63) is 60.2 Å². The molecule has 4 heteroatoms. The highest BCUT2D eigenvalue weighted by molar-refractivity contribution is 7.99. The van der Waals surface area contributed by atoms with Crippen molar-refractivity contribution in [1.82, 2.24) is 0 Å². The number of aliphatic carboxylic acids is 1. The summed E-state index contributed by atoms with van der Waals surface area (Å²) in [6.45, 7) is 0. The molecule has 2 aromatic rings. The standard InChI is InChI=1S/C15H14O3S/c16-12-8-4-5-9-13(12)19-14(10-15(17)18)11-6-2-1-3-7-11/h1-9,14,16H,10H2,(H,17,18). The molecule has 2 N–H and O–H groups in total. The summed E-state index contributed by atoms with van der Waals surface area (Å²) < 4.78 is 0. The van der Waals surface area contributed by atoms with Crippen LogP contribution in [0.3, 0.4) is 0 Å². The number of phenols is 1. The van der Waals surface area contributed by atoms with Gasteiger partial charge in [-0.3, -0.25) is 4.79 Å². The van der Waals surface area contributed by atoms with Gasteiger partial charge in [-0.2, -0.15) is 0 Å². The van der Waals surface area contributed by atoms with Gasteiger partial charge in [0.05, 0.1) is 6.42 Å². The molecule has 3 nitrogen and oxygen atoms in total. The van der Waals surface area contributed by atoms with Crippen LogP contribution in [-0.4, -0.2) is 16.2 Å². The second kappa shape index (κ2) is 6.29. The summed E-state index contributed by atoms with van der Waals surface area (Å²) in [6, 6.07) is 16.4. The molecule has 0 heterocycles. The van der Waals surface area contributed by atoms with Crippen LogP contribution in [-0.2, 0) is 4.79 Å². The van der Waals surface area contributed by atoms with Crippen LogP contribution in [0.5, 0.6) is 5.75 Å². The van der Waals surface area contributed by atoms with Gasteiger partial charge in [0.25, 0.3) is 0 Å². The predicted molar refractivity (Wildman–Crippen MR) is 75.4 cm³/mol. The maximum Gasteiger partial charge on any atom is 0.304 e. The molecule has 0 aliphatic rings. The molecule has 1 atom stereocenters. The number of carboxylic acid groups (broad SMARTS) is 1. The van der Waals surface area contributed by atoms with E-state index in [4.69, 9.17) is 5.11 Å². The average Bonchev–Trinajstić information content (AvgIpc) is 2.41. The normalized spacial score (nSPS) is 12.0. The maximum absolute atomic E-state index is 11.0. The van der Waals surface area contributed by atoms with Crippen molar-refractivity contribution in [2.45, 2.75) is 16.6 Å². The smallest absolute Gasteiger partial charge is 0.304 e. The minimum absolute atomic E-state index is 0.0169. The summed E-state index contributed by atoms with van der Waals surface area (Å²) in [5, 5.41) is 18.6. The Morgan fingerprint density at radius 1 is 1.05 bits per heavy atom. The summed E-state index contributed by atoms with van der Waals surface area (Å²) in [6.07, 6.45) is 0.0169. The van der Waals surface area contributed by atoms with E-state index in [2.05, 4.69) is 0 Å². The highest BCUT2D eigenvalue weighted by atomic mass is 32.2. The lowest BCUT2D eigenvalue weighted by molar-refractivity contribution is -0.137. The zero-order valence-corrected chi connectivity index (χ0v) is 11.0. The number of thioether (sulfide) groups is 1. The average molecular weight is 274 g/mol. The summed E-state index contributed by atoms with van der Waals surface area (Å²) in [5.74, 6) is -0.671. The first-order valence-corrected chi connectivity index (χ1v) is 6.76. The fourth-order valence-electron chi connectivity index (χ4n) is 1.76. The van der Waals surface area contributed by atoms with Crippen LogP contribution in [0.4, 0.5) is 0 Å². The third-order valence-corrected chi connectivity index (χ3v) is 3.99. The van der Waals surface area contributed by atoms with Gasteiger partial charge in [-0.25, -0.2) is 0 Å². The van der Waals surface area contributed by atoms with Gasteiger partial charge in [-0.05, 0) is 17.7 Å². The van der Waals surface area contributed by atoms with Crippen molar-refractivity contribution in [1.29, 1.82) is 0 Å². The number of carboxylic acids is 1. The first kappa shape index (κ1) is 13.5. The molecule has 19 heavy (non-hydrogen) atoms. The summed E-state index contributed by atoms with van der Waals surface area (Å²) in [4.78, 5) is 11.7.